The first kappa shape index (κ1) is 28.6. The van der Waals surface area contributed by atoms with Crippen LogP contribution in [0.3, 0.4) is 0 Å². The number of nitrogens with zero attached hydrogens (tertiary/aromatic N) is 1. The maximum Gasteiger partial charge on any atom is 1.00 e. The van der Waals surface area contributed by atoms with Crippen LogP contribution >= 0.6 is 0 Å². The van der Waals surface area contributed by atoms with Crippen molar-refractivity contribution in [2.24, 2.45) is 0 Å². The maximum absolute atomic E-state index is 12.1. The fraction of sp³-hybridized carbons (Fsp3) is 0.850. The van der Waals surface area contributed by atoms with Gasteiger partial charge in [-0.1, -0.05) is 71.1 Å². The normalized spacial score (nSPS) is 11.5. The van der Waals surface area contributed by atoms with Gasteiger partial charge in [-0.25, -0.2) is 4.79 Å². The molecule has 0 heterocycles. The first-order valence-electron chi connectivity index (χ1n) is 10.1. The molecule has 0 fully saturated rings. The molecule has 0 aromatic rings. The Morgan fingerprint density at radius 1 is 0.815 bits per heavy atom. The SMILES string of the molecule is CCCCCCCCCCCCCC(=O)N(C)[C@@H](CCC(=O)O)C(=O)O.[H-].[Na+]. The van der Waals surface area contributed by atoms with Gasteiger partial charge in [0.1, 0.15) is 6.04 Å². The van der Waals surface area contributed by atoms with E-state index < -0.39 is 18.0 Å². The van der Waals surface area contributed by atoms with E-state index in [1.54, 1.807) is 0 Å². The van der Waals surface area contributed by atoms with Crippen molar-refractivity contribution < 1.29 is 55.6 Å². The van der Waals surface area contributed by atoms with Crippen LogP contribution in [-0.4, -0.2) is 46.0 Å². The van der Waals surface area contributed by atoms with Gasteiger partial charge < -0.3 is 16.5 Å². The van der Waals surface area contributed by atoms with Crippen LogP contribution in [-0.2, 0) is 14.4 Å². The molecule has 2 N–H and O–H groups in total. The second-order valence-electron chi connectivity index (χ2n) is 7.08. The molecule has 1 amide bonds. The van der Waals surface area contributed by atoms with Gasteiger partial charge in [-0.2, -0.15) is 0 Å². The number of carboxylic acid groups (broad SMARTS) is 2. The average Bonchev–Trinajstić information content (AvgIpc) is 2.58. The molecule has 0 rings (SSSR count). The molecule has 0 spiro atoms. The zero-order chi connectivity index (χ0) is 19.8. The van der Waals surface area contributed by atoms with E-state index in [0.717, 1.165) is 19.3 Å². The van der Waals surface area contributed by atoms with Crippen molar-refractivity contribution in [1.82, 2.24) is 4.90 Å². The summed E-state index contributed by atoms with van der Waals surface area (Å²) in [7, 11) is 1.45. The quantitative estimate of drug-likeness (QED) is 0.288. The summed E-state index contributed by atoms with van der Waals surface area (Å²) in [5.41, 5.74) is 0. The van der Waals surface area contributed by atoms with E-state index in [4.69, 9.17) is 5.11 Å². The molecule has 27 heavy (non-hydrogen) atoms. The molecule has 0 aliphatic rings. The number of hydrogen-bond donors (Lipinski definition) is 2. The minimum absolute atomic E-state index is 0. The van der Waals surface area contributed by atoms with E-state index in [1.807, 2.05) is 0 Å². The Morgan fingerprint density at radius 2 is 1.26 bits per heavy atom. The van der Waals surface area contributed by atoms with Crippen LogP contribution in [0.25, 0.3) is 0 Å². The van der Waals surface area contributed by atoms with Crippen molar-refractivity contribution in [3.63, 3.8) is 0 Å². The minimum Gasteiger partial charge on any atom is -1.00 e. The fourth-order valence-electron chi connectivity index (χ4n) is 3.03. The summed E-state index contributed by atoms with van der Waals surface area (Å²) in [5, 5.41) is 17.9. The number of aliphatic carboxylic acids is 2. The van der Waals surface area contributed by atoms with Crippen molar-refractivity contribution >= 4 is 17.8 Å². The summed E-state index contributed by atoms with van der Waals surface area (Å²) in [4.78, 5) is 35.1. The molecule has 154 valence electrons. The van der Waals surface area contributed by atoms with Crippen LogP contribution in [0.15, 0.2) is 0 Å². The summed E-state index contributed by atoms with van der Waals surface area (Å²) in [6, 6.07) is -1.06. The molecule has 7 heteroatoms. The topological polar surface area (TPSA) is 94.9 Å². The Hall–Kier alpha value is -0.590. The van der Waals surface area contributed by atoms with Crippen molar-refractivity contribution in [2.75, 3.05) is 7.05 Å². The van der Waals surface area contributed by atoms with Gasteiger partial charge >= 0.3 is 41.5 Å². The molecule has 0 saturated heterocycles. The number of likely N-dealkylation sites (N-methyl/N-ethyl adjacent to an activating group) is 1. The molecule has 6 nitrogen and oxygen atoms in total. The number of rotatable bonds is 17. The Labute approximate surface area is 187 Å². The number of carbonyl (C=O) groups is 3. The summed E-state index contributed by atoms with van der Waals surface area (Å²) in [6.45, 7) is 2.22. The van der Waals surface area contributed by atoms with Gasteiger partial charge in [0.05, 0.1) is 0 Å². The van der Waals surface area contributed by atoms with Gasteiger partial charge in [-0.05, 0) is 12.8 Å². The first-order chi connectivity index (χ1) is 12.4. The molecule has 0 aliphatic carbocycles. The summed E-state index contributed by atoms with van der Waals surface area (Å²) < 4.78 is 0. The zero-order valence-electron chi connectivity index (χ0n) is 18.5. The Bertz CT molecular complexity index is 423. The smallest absolute Gasteiger partial charge is 1.00 e. The zero-order valence-corrected chi connectivity index (χ0v) is 19.5. The Morgan fingerprint density at radius 3 is 1.67 bits per heavy atom. The second-order valence-corrected chi connectivity index (χ2v) is 7.08. The van der Waals surface area contributed by atoms with Crippen molar-refractivity contribution in [3.05, 3.63) is 0 Å². The first-order valence-corrected chi connectivity index (χ1v) is 10.1. The van der Waals surface area contributed by atoms with E-state index in [2.05, 4.69) is 6.92 Å². The van der Waals surface area contributed by atoms with Gasteiger partial charge in [-0.3, -0.25) is 9.59 Å². The molecule has 0 radical (unpaired) electrons. The minimum atomic E-state index is -1.15. The third kappa shape index (κ3) is 16.1. The standard InChI is InChI=1S/C20H37NO5.Na.H/c1-3-4-5-6-7-8-9-10-11-12-13-14-18(22)21(2)17(20(25)26)15-16-19(23)24;;/h17H,3-16H2,1-2H3,(H,23,24)(H,25,26);;/q;+1;-1/t17-;;/m0../s1. The van der Waals surface area contributed by atoms with Crippen molar-refractivity contribution in [2.45, 2.75) is 103 Å². The molecule has 0 saturated carbocycles. The molecule has 0 aromatic heterocycles. The largest absolute Gasteiger partial charge is 1.00 e. The second kappa shape index (κ2) is 18.8. The molecule has 0 bridgehead atoms. The van der Waals surface area contributed by atoms with Gasteiger partial charge in [-0.15, -0.1) is 0 Å². The summed E-state index contributed by atoms with van der Waals surface area (Å²) in [6.07, 6.45) is 13.2. The van der Waals surface area contributed by atoms with Crippen LogP contribution in [0.5, 0.6) is 0 Å². The van der Waals surface area contributed by atoms with Crippen molar-refractivity contribution in [1.29, 1.82) is 0 Å². The average molecular weight is 396 g/mol. The molecule has 0 aromatic carbocycles. The van der Waals surface area contributed by atoms with Gasteiger partial charge in [0.2, 0.25) is 5.91 Å². The number of unbranched alkanes of at least 4 members (excludes halogenated alkanes) is 10. The van der Waals surface area contributed by atoms with E-state index in [1.165, 1.54) is 63.3 Å². The van der Waals surface area contributed by atoms with Crippen LogP contribution in [0.4, 0.5) is 0 Å². The molecule has 1 atom stereocenters. The third-order valence-electron chi connectivity index (χ3n) is 4.77. The van der Waals surface area contributed by atoms with Crippen LogP contribution < -0.4 is 29.6 Å². The Balaban J connectivity index is -0.00000312. The van der Waals surface area contributed by atoms with Crippen LogP contribution in [0.1, 0.15) is 98.2 Å². The third-order valence-corrected chi connectivity index (χ3v) is 4.77. The predicted molar refractivity (Wildman–Crippen MR) is 103 cm³/mol. The molecule has 0 aliphatic heterocycles. The van der Waals surface area contributed by atoms with Crippen molar-refractivity contribution in [3.8, 4) is 0 Å². The molecular weight excluding hydrogens is 357 g/mol. The fourth-order valence-corrected chi connectivity index (χ4v) is 3.03. The number of hydrogen-bond acceptors (Lipinski definition) is 3. The maximum atomic E-state index is 12.1. The van der Waals surface area contributed by atoms with Gasteiger partial charge in [0.25, 0.3) is 0 Å². The predicted octanol–water partition coefficient (Wildman–Crippen LogP) is 1.58. The monoisotopic (exact) mass is 395 g/mol. The number of amides is 1. The number of carbonyl (C=O) groups excluding carboxylic acids is 1. The van der Waals surface area contributed by atoms with Crippen LogP contribution in [0, 0.1) is 0 Å². The van der Waals surface area contributed by atoms with E-state index >= 15 is 0 Å². The van der Waals surface area contributed by atoms with E-state index in [0.29, 0.717) is 6.42 Å². The Kier molecular flexibility index (Phi) is 19.9. The van der Waals surface area contributed by atoms with Gasteiger partial charge in [0, 0.05) is 19.9 Å². The van der Waals surface area contributed by atoms with Gasteiger partial charge in [0.15, 0.2) is 0 Å². The van der Waals surface area contributed by atoms with Crippen LogP contribution in [0.2, 0.25) is 0 Å². The van der Waals surface area contributed by atoms with E-state index in [9.17, 15) is 19.5 Å². The summed E-state index contributed by atoms with van der Waals surface area (Å²) >= 11 is 0. The van der Waals surface area contributed by atoms with E-state index in [-0.39, 0.29) is 49.7 Å². The summed E-state index contributed by atoms with van der Waals surface area (Å²) in [5.74, 6) is -2.43. The number of carboxylic acids is 2. The molecule has 0 unspecified atom stereocenters. The molecular formula is C20H38NNaO5.